The van der Waals surface area contributed by atoms with E-state index >= 15 is 0 Å². The molecule has 0 saturated carbocycles. The third-order valence-electron chi connectivity index (χ3n) is 7.90. The molecule has 0 aliphatic rings. The normalized spacial score (nSPS) is 10.6. The molecule has 43 heavy (non-hydrogen) atoms. The first-order valence-electron chi connectivity index (χ1n) is 15.4. The third kappa shape index (κ3) is 10.3. The molecule has 6 rings (SSSR count). The van der Waals surface area contributed by atoms with Crippen LogP contribution >= 0.6 is 0 Å². The highest BCUT2D eigenvalue weighted by molar-refractivity contribution is 5.85. The van der Waals surface area contributed by atoms with E-state index in [-0.39, 0.29) is 5.41 Å². The van der Waals surface area contributed by atoms with Crippen LogP contribution in [0.3, 0.4) is 0 Å². The van der Waals surface area contributed by atoms with Crippen LogP contribution in [0.4, 0.5) is 0 Å². The van der Waals surface area contributed by atoms with Crippen LogP contribution in [0, 0.1) is 48.5 Å². The van der Waals surface area contributed by atoms with Crippen molar-refractivity contribution in [3.63, 3.8) is 0 Å². The molecule has 0 radical (unpaired) electrons. The Balaban J connectivity index is 0.000000157. The number of hydrogen-bond acceptors (Lipinski definition) is 0. The molecular formula is C43H50. The first-order valence-corrected chi connectivity index (χ1v) is 15.4. The van der Waals surface area contributed by atoms with Crippen molar-refractivity contribution >= 4 is 21.5 Å². The average Bonchev–Trinajstić information content (AvgIpc) is 2.97. The largest absolute Gasteiger partial charge is 0.0616 e. The Hall–Kier alpha value is -4.16. The van der Waals surface area contributed by atoms with Crippen LogP contribution in [0.25, 0.3) is 21.5 Å². The van der Waals surface area contributed by atoms with E-state index in [0.29, 0.717) is 0 Å². The summed E-state index contributed by atoms with van der Waals surface area (Å²) in [6.07, 6.45) is 0. The predicted octanol–water partition coefficient (Wildman–Crippen LogP) is 12.5. The van der Waals surface area contributed by atoms with Gasteiger partial charge in [-0.2, -0.15) is 0 Å². The first-order chi connectivity index (χ1) is 20.3. The monoisotopic (exact) mass is 566 g/mol. The van der Waals surface area contributed by atoms with E-state index in [1.807, 2.05) is 0 Å². The summed E-state index contributed by atoms with van der Waals surface area (Å²) >= 11 is 0. The summed E-state index contributed by atoms with van der Waals surface area (Å²) in [6, 6.07) is 42.9. The molecule has 0 heteroatoms. The zero-order valence-corrected chi connectivity index (χ0v) is 28.0. The molecule has 0 atom stereocenters. The van der Waals surface area contributed by atoms with Gasteiger partial charge in [0, 0.05) is 0 Å². The topological polar surface area (TPSA) is 0 Å². The summed E-state index contributed by atoms with van der Waals surface area (Å²) in [5.74, 6) is 0. The number of hydrogen-bond donors (Lipinski definition) is 0. The molecule has 6 aromatic carbocycles. The van der Waals surface area contributed by atoms with E-state index in [4.69, 9.17) is 0 Å². The predicted molar refractivity (Wildman–Crippen MR) is 193 cm³/mol. The lowest BCUT2D eigenvalue weighted by Gasteiger charge is -2.18. The van der Waals surface area contributed by atoms with Gasteiger partial charge in [-0.3, -0.25) is 0 Å². The van der Waals surface area contributed by atoms with Crippen LogP contribution in [0.1, 0.15) is 65.3 Å². The molecule has 0 aromatic heterocycles. The Labute approximate surface area is 261 Å². The van der Waals surface area contributed by atoms with E-state index in [2.05, 4.69) is 191 Å². The van der Waals surface area contributed by atoms with Crippen molar-refractivity contribution < 1.29 is 0 Å². The van der Waals surface area contributed by atoms with Gasteiger partial charge >= 0.3 is 0 Å². The molecule has 0 bridgehead atoms. The molecule has 6 aromatic rings. The lowest BCUT2D eigenvalue weighted by Crippen LogP contribution is -2.10. The van der Waals surface area contributed by atoms with Crippen LogP contribution < -0.4 is 0 Å². The van der Waals surface area contributed by atoms with Gasteiger partial charge in [0.2, 0.25) is 0 Å². The second kappa shape index (κ2) is 15.4. The van der Waals surface area contributed by atoms with Crippen molar-refractivity contribution in [2.75, 3.05) is 0 Å². The van der Waals surface area contributed by atoms with E-state index < -0.39 is 0 Å². The SMILES string of the molecule is Cc1cc(C)c(C)c(C)c1.Cc1ccc(C(C)(C)C)cc1.Cc1ccc2ccccc2c1.Cc1cccc2ccccc12. The highest BCUT2D eigenvalue weighted by Gasteiger charge is 2.11. The van der Waals surface area contributed by atoms with Crippen LogP contribution in [0.2, 0.25) is 0 Å². The fraction of sp³-hybridized carbons (Fsp3) is 0.256. The molecular weight excluding hydrogens is 516 g/mol. The first kappa shape index (κ1) is 33.3. The van der Waals surface area contributed by atoms with E-state index in [1.54, 1.807) is 0 Å². The van der Waals surface area contributed by atoms with Crippen molar-refractivity contribution in [1.29, 1.82) is 0 Å². The summed E-state index contributed by atoms with van der Waals surface area (Å²) in [4.78, 5) is 0. The standard InChI is InChI=1S/2C11H10.C11H16.C10H14/c1-9-5-4-7-10-6-2-3-8-11(9)10;1-9-6-7-10-4-2-3-5-11(10)8-9;1-9-5-7-10(8-6-9)11(2,3)4;1-7-5-8(2)10(4)9(3)6-7/h2*2-8H,1H3;5-8H,1-4H3;5-6H,1-4H3. The van der Waals surface area contributed by atoms with Gasteiger partial charge in [0.25, 0.3) is 0 Å². The van der Waals surface area contributed by atoms with Crippen molar-refractivity contribution in [3.8, 4) is 0 Å². The van der Waals surface area contributed by atoms with Crippen molar-refractivity contribution in [2.24, 2.45) is 0 Å². The minimum absolute atomic E-state index is 0.285. The number of benzene rings is 6. The van der Waals surface area contributed by atoms with Gasteiger partial charge in [0.05, 0.1) is 0 Å². The van der Waals surface area contributed by atoms with Gasteiger partial charge in [-0.1, -0.05) is 159 Å². The van der Waals surface area contributed by atoms with Crippen LogP contribution in [-0.4, -0.2) is 0 Å². The quantitative estimate of drug-likeness (QED) is 0.171. The molecule has 0 nitrogen and oxygen atoms in total. The van der Waals surface area contributed by atoms with Gasteiger partial charge in [-0.05, 0) is 103 Å². The minimum atomic E-state index is 0.285. The smallest absolute Gasteiger partial charge is 0.0132 e. The molecule has 0 amide bonds. The summed E-state index contributed by atoms with van der Waals surface area (Å²) in [6.45, 7) is 21.7. The molecule has 0 fully saturated rings. The zero-order chi connectivity index (χ0) is 31.6. The summed E-state index contributed by atoms with van der Waals surface area (Å²) in [7, 11) is 0. The molecule has 0 N–H and O–H groups in total. The minimum Gasteiger partial charge on any atom is -0.0616 e. The number of aryl methyl sites for hydroxylation is 6. The molecule has 0 saturated heterocycles. The van der Waals surface area contributed by atoms with Crippen LogP contribution in [-0.2, 0) is 5.41 Å². The van der Waals surface area contributed by atoms with Gasteiger partial charge < -0.3 is 0 Å². The fourth-order valence-electron chi connectivity index (χ4n) is 5.00. The Bertz CT molecular complexity index is 1710. The summed E-state index contributed by atoms with van der Waals surface area (Å²) in [5, 5.41) is 5.33. The highest BCUT2D eigenvalue weighted by Crippen LogP contribution is 2.22. The number of fused-ring (bicyclic) bond motifs is 2. The fourth-order valence-corrected chi connectivity index (χ4v) is 5.00. The maximum atomic E-state index is 2.23. The molecule has 0 aliphatic heterocycles. The molecule has 0 unspecified atom stereocenters. The number of rotatable bonds is 0. The van der Waals surface area contributed by atoms with Gasteiger partial charge in [0.1, 0.15) is 0 Å². The molecule has 0 spiro atoms. The van der Waals surface area contributed by atoms with E-state index in [9.17, 15) is 0 Å². The maximum Gasteiger partial charge on any atom is -0.0132 e. The Morgan fingerprint density at radius 2 is 0.884 bits per heavy atom. The summed E-state index contributed by atoms with van der Waals surface area (Å²) in [5.41, 5.74) is 11.3. The Kier molecular flexibility index (Phi) is 11.9. The maximum absolute atomic E-state index is 2.23. The van der Waals surface area contributed by atoms with Crippen molar-refractivity contribution in [2.45, 2.75) is 74.7 Å². The molecule has 0 aliphatic carbocycles. The lowest BCUT2D eigenvalue weighted by atomic mass is 9.87. The summed E-state index contributed by atoms with van der Waals surface area (Å²) < 4.78 is 0. The van der Waals surface area contributed by atoms with Crippen LogP contribution in [0.15, 0.2) is 121 Å². The Morgan fingerprint density at radius 3 is 1.47 bits per heavy atom. The lowest BCUT2D eigenvalue weighted by molar-refractivity contribution is 0.590. The van der Waals surface area contributed by atoms with Gasteiger partial charge in [-0.25, -0.2) is 0 Å². The van der Waals surface area contributed by atoms with Crippen molar-refractivity contribution in [3.05, 3.63) is 166 Å². The molecule has 222 valence electrons. The average molecular weight is 567 g/mol. The second-order valence-corrected chi connectivity index (χ2v) is 12.8. The second-order valence-electron chi connectivity index (χ2n) is 12.8. The zero-order valence-electron chi connectivity index (χ0n) is 28.0. The van der Waals surface area contributed by atoms with E-state index in [1.165, 1.54) is 66.1 Å². The van der Waals surface area contributed by atoms with E-state index in [0.717, 1.165) is 0 Å². The molecule has 0 heterocycles. The van der Waals surface area contributed by atoms with Gasteiger partial charge in [0.15, 0.2) is 0 Å². The third-order valence-corrected chi connectivity index (χ3v) is 7.90. The van der Waals surface area contributed by atoms with Crippen molar-refractivity contribution in [1.82, 2.24) is 0 Å². The Morgan fingerprint density at radius 1 is 0.372 bits per heavy atom. The highest BCUT2D eigenvalue weighted by atomic mass is 14.2. The van der Waals surface area contributed by atoms with Crippen LogP contribution in [0.5, 0.6) is 0 Å². The van der Waals surface area contributed by atoms with Gasteiger partial charge in [-0.15, -0.1) is 0 Å².